The molecule has 100 valence electrons. The molecule has 0 atom stereocenters. The minimum Gasteiger partial charge on any atom is -0.486 e. The predicted octanol–water partition coefficient (Wildman–Crippen LogP) is 1.54. The minimum atomic E-state index is -3.45. The fourth-order valence-corrected chi connectivity index (χ4v) is 2.75. The van der Waals surface area contributed by atoms with Crippen LogP contribution in [-0.4, -0.2) is 28.2 Å². The van der Waals surface area contributed by atoms with Crippen LogP contribution in [0.15, 0.2) is 23.1 Å². The van der Waals surface area contributed by atoms with Crippen LogP contribution in [0.2, 0.25) is 0 Å². The Morgan fingerprint density at radius 3 is 2.67 bits per heavy atom. The number of benzene rings is 1. The third-order valence-electron chi connectivity index (χ3n) is 2.65. The van der Waals surface area contributed by atoms with Crippen molar-refractivity contribution >= 4 is 10.0 Å². The highest BCUT2D eigenvalue weighted by Gasteiger charge is 2.18. The third kappa shape index (κ3) is 2.94. The van der Waals surface area contributed by atoms with E-state index in [1.165, 1.54) is 12.1 Å². The summed E-state index contributed by atoms with van der Waals surface area (Å²) in [5, 5.41) is 0. The van der Waals surface area contributed by atoms with Gasteiger partial charge in [0.25, 0.3) is 0 Å². The maximum atomic E-state index is 12.0. The summed E-state index contributed by atoms with van der Waals surface area (Å²) >= 11 is 0. The van der Waals surface area contributed by atoms with Crippen molar-refractivity contribution in [3.05, 3.63) is 18.2 Å². The smallest absolute Gasteiger partial charge is 0.240 e. The normalized spacial score (nSPS) is 14.5. The van der Waals surface area contributed by atoms with E-state index in [0.29, 0.717) is 31.3 Å². The molecule has 0 unspecified atom stereocenters. The first-order valence-corrected chi connectivity index (χ1v) is 7.51. The Morgan fingerprint density at radius 1 is 1.22 bits per heavy atom. The van der Waals surface area contributed by atoms with E-state index in [-0.39, 0.29) is 4.90 Å². The summed E-state index contributed by atoms with van der Waals surface area (Å²) in [5.41, 5.74) is 0. The van der Waals surface area contributed by atoms with Crippen LogP contribution >= 0.6 is 0 Å². The van der Waals surface area contributed by atoms with Crippen LogP contribution in [-0.2, 0) is 10.0 Å². The first kappa shape index (κ1) is 13.2. The molecule has 0 saturated heterocycles. The van der Waals surface area contributed by atoms with Gasteiger partial charge >= 0.3 is 0 Å². The maximum absolute atomic E-state index is 12.0. The lowest BCUT2D eigenvalue weighted by Crippen LogP contribution is -2.25. The summed E-state index contributed by atoms with van der Waals surface area (Å²) in [6.07, 6.45) is 1.77. The minimum absolute atomic E-state index is 0.211. The van der Waals surface area contributed by atoms with Crippen molar-refractivity contribution in [1.82, 2.24) is 4.72 Å². The van der Waals surface area contributed by atoms with E-state index in [0.717, 1.165) is 12.8 Å². The molecule has 0 fully saturated rings. The lowest BCUT2D eigenvalue weighted by atomic mass is 10.3. The van der Waals surface area contributed by atoms with E-state index in [9.17, 15) is 8.42 Å². The van der Waals surface area contributed by atoms with E-state index in [4.69, 9.17) is 9.47 Å². The molecule has 1 heterocycles. The molecule has 0 spiro atoms. The number of nitrogens with one attached hydrogen (secondary N) is 1. The lowest BCUT2D eigenvalue weighted by Gasteiger charge is -2.18. The Bertz CT molecular complexity index is 513. The Kier molecular flexibility index (Phi) is 4.08. The van der Waals surface area contributed by atoms with Crippen LogP contribution in [0.1, 0.15) is 19.8 Å². The SMILES string of the molecule is CCCCNS(=O)(=O)c1ccc2c(c1)OCCO2. The van der Waals surface area contributed by atoms with Gasteiger partial charge in [-0.15, -0.1) is 0 Å². The number of fused-ring (bicyclic) bond motifs is 1. The number of ether oxygens (including phenoxy) is 2. The van der Waals surface area contributed by atoms with Crippen molar-refractivity contribution in [3.8, 4) is 11.5 Å². The molecule has 6 heteroatoms. The van der Waals surface area contributed by atoms with Crippen molar-refractivity contribution in [3.63, 3.8) is 0 Å². The Labute approximate surface area is 107 Å². The van der Waals surface area contributed by atoms with Gasteiger partial charge in [-0.1, -0.05) is 13.3 Å². The van der Waals surface area contributed by atoms with Gasteiger partial charge in [-0.25, -0.2) is 13.1 Å². The van der Waals surface area contributed by atoms with Crippen molar-refractivity contribution < 1.29 is 17.9 Å². The third-order valence-corrected chi connectivity index (χ3v) is 4.11. The summed E-state index contributed by atoms with van der Waals surface area (Å²) in [5.74, 6) is 1.08. The Morgan fingerprint density at radius 2 is 1.94 bits per heavy atom. The van der Waals surface area contributed by atoms with E-state index < -0.39 is 10.0 Å². The van der Waals surface area contributed by atoms with Crippen molar-refractivity contribution in [1.29, 1.82) is 0 Å². The molecule has 0 amide bonds. The van der Waals surface area contributed by atoms with Gasteiger partial charge in [0.15, 0.2) is 11.5 Å². The molecule has 0 saturated carbocycles. The number of sulfonamides is 1. The van der Waals surface area contributed by atoms with Gasteiger partial charge in [0.05, 0.1) is 4.90 Å². The van der Waals surface area contributed by atoms with Crippen LogP contribution in [0.4, 0.5) is 0 Å². The van der Waals surface area contributed by atoms with Gasteiger partial charge in [0, 0.05) is 12.6 Å². The van der Waals surface area contributed by atoms with Crippen LogP contribution in [0.3, 0.4) is 0 Å². The number of rotatable bonds is 5. The Hall–Kier alpha value is -1.27. The van der Waals surface area contributed by atoms with Gasteiger partial charge in [-0.05, 0) is 18.6 Å². The molecular weight excluding hydrogens is 254 g/mol. The van der Waals surface area contributed by atoms with E-state index in [1.54, 1.807) is 6.07 Å². The lowest BCUT2D eigenvalue weighted by molar-refractivity contribution is 0.171. The number of hydrogen-bond donors (Lipinski definition) is 1. The van der Waals surface area contributed by atoms with Crippen molar-refractivity contribution in [2.45, 2.75) is 24.7 Å². The predicted molar refractivity (Wildman–Crippen MR) is 67.5 cm³/mol. The quantitative estimate of drug-likeness (QED) is 0.825. The standard InChI is InChI=1S/C12H17NO4S/c1-2-3-6-13-18(14,15)10-4-5-11-12(9-10)17-8-7-16-11/h4-5,9,13H,2-3,6-8H2,1H3. The fourth-order valence-electron chi connectivity index (χ4n) is 1.66. The molecule has 2 rings (SSSR count). The summed E-state index contributed by atoms with van der Waals surface area (Å²) in [6.45, 7) is 3.40. The number of unbranched alkanes of at least 4 members (excludes halogenated alkanes) is 1. The molecule has 1 aliphatic rings. The maximum Gasteiger partial charge on any atom is 0.240 e. The van der Waals surface area contributed by atoms with E-state index in [1.807, 2.05) is 6.92 Å². The average Bonchev–Trinajstić information content (AvgIpc) is 2.38. The van der Waals surface area contributed by atoms with Gasteiger partial charge in [0.2, 0.25) is 10.0 Å². The first-order chi connectivity index (χ1) is 8.63. The summed E-state index contributed by atoms with van der Waals surface area (Å²) < 4.78 is 37.2. The zero-order valence-electron chi connectivity index (χ0n) is 10.3. The molecule has 0 bridgehead atoms. The molecule has 5 nitrogen and oxygen atoms in total. The zero-order valence-corrected chi connectivity index (χ0v) is 11.1. The molecule has 18 heavy (non-hydrogen) atoms. The summed E-state index contributed by atoms with van der Waals surface area (Å²) in [7, 11) is -3.45. The molecule has 0 aliphatic carbocycles. The van der Waals surface area contributed by atoms with Gasteiger partial charge in [-0.3, -0.25) is 0 Å². The van der Waals surface area contributed by atoms with Crippen LogP contribution in [0, 0.1) is 0 Å². The summed E-state index contributed by atoms with van der Waals surface area (Å²) in [6, 6.07) is 4.66. The number of hydrogen-bond acceptors (Lipinski definition) is 4. The highest BCUT2D eigenvalue weighted by molar-refractivity contribution is 7.89. The molecule has 1 aromatic carbocycles. The van der Waals surface area contributed by atoms with Crippen LogP contribution in [0.25, 0.3) is 0 Å². The second kappa shape index (κ2) is 5.58. The van der Waals surface area contributed by atoms with E-state index in [2.05, 4.69) is 4.72 Å². The average molecular weight is 271 g/mol. The second-order valence-electron chi connectivity index (χ2n) is 4.06. The zero-order chi connectivity index (χ0) is 13.0. The summed E-state index contributed by atoms with van der Waals surface area (Å²) in [4.78, 5) is 0.211. The van der Waals surface area contributed by atoms with Crippen molar-refractivity contribution in [2.24, 2.45) is 0 Å². The van der Waals surface area contributed by atoms with Gasteiger partial charge in [0.1, 0.15) is 13.2 Å². The highest BCUT2D eigenvalue weighted by atomic mass is 32.2. The van der Waals surface area contributed by atoms with Gasteiger partial charge in [-0.2, -0.15) is 0 Å². The largest absolute Gasteiger partial charge is 0.486 e. The monoisotopic (exact) mass is 271 g/mol. The molecule has 0 aromatic heterocycles. The first-order valence-electron chi connectivity index (χ1n) is 6.03. The molecule has 1 aromatic rings. The van der Waals surface area contributed by atoms with Crippen LogP contribution in [0.5, 0.6) is 11.5 Å². The van der Waals surface area contributed by atoms with Crippen molar-refractivity contribution in [2.75, 3.05) is 19.8 Å². The highest BCUT2D eigenvalue weighted by Crippen LogP contribution is 2.32. The fraction of sp³-hybridized carbons (Fsp3) is 0.500. The second-order valence-corrected chi connectivity index (χ2v) is 5.82. The molecule has 0 radical (unpaired) electrons. The Balaban J connectivity index is 2.17. The van der Waals surface area contributed by atoms with Crippen LogP contribution < -0.4 is 14.2 Å². The van der Waals surface area contributed by atoms with Gasteiger partial charge < -0.3 is 9.47 Å². The topological polar surface area (TPSA) is 64.6 Å². The molecule has 1 N–H and O–H groups in total. The van der Waals surface area contributed by atoms with E-state index >= 15 is 0 Å². The molecule has 1 aliphatic heterocycles. The molecular formula is C12H17NO4S.